The average Bonchev–Trinajstić information content (AvgIpc) is 3.31. The van der Waals surface area contributed by atoms with Gasteiger partial charge in [0, 0.05) is 28.4 Å². The highest BCUT2D eigenvalue weighted by molar-refractivity contribution is 6.31. The molecule has 1 N–H and O–H groups in total. The van der Waals surface area contributed by atoms with Crippen LogP contribution in [0.2, 0.25) is 5.02 Å². The Bertz CT molecular complexity index is 1300. The van der Waals surface area contributed by atoms with Crippen LogP contribution < -0.4 is 10.1 Å². The topological polar surface area (TPSA) is 82.2 Å². The van der Waals surface area contributed by atoms with Crippen LogP contribution in [-0.4, -0.2) is 20.8 Å². The Labute approximate surface area is 192 Å². The molecule has 33 heavy (non-hydrogen) atoms. The molecule has 2 aromatic heterocycles. The Kier molecular flexibility index (Phi) is 6.41. The lowest BCUT2D eigenvalue weighted by Crippen LogP contribution is -2.16. The second kappa shape index (κ2) is 9.41. The maximum atomic E-state index is 14.1. The number of carbonyl (C=O) groups excluding carboxylic acids is 1. The van der Waals surface area contributed by atoms with Gasteiger partial charge in [-0.25, -0.2) is 8.78 Å². The van der Waals surface area contributed by atoms with Gasteiger partial charge in [-0.1, -0.05) is 28.9 Å². The summed E-state index contributed by atoms with van der Waals surface area (Å²) < 4.78 is 39.8. The van der Waals surface area contributed by atoms with Crippen LogP contribution in [0.1, 0.15) is 33.1 Å². The molecule has 0 saturated heterocycles. The van der Waals surface area contributed by atoms with Crippen LogP contribution in [0.4, 0.5) is 14.6 Å². The van der Waals surface area contributed by atoms with E-state index in [0.717, 1.165) is 0 Å². The summed E-state index contributed by atoms with van der Waals surface area (Å²) in [6.07, 6.45) is 0. The molecule has 0 unspecified atom stereocenters. The number of anilines is 1. The van der Waals surface area contributed by atoms with Gasteiger partial charge in [0.2, 0.25) is 0 Å². The summed E-state index contributed by atoms with van der Waals surface area (Å²) in [7, 11) is 0. The number of hydrogen-bond donors (Lipinski definition) is 1. The third-order valence-corrected chi connectivity index (χ3v) is 5.33. The van der Waals surface area contributed by atoms with Gasteiger partial charge in [0.25, 0.3) is 5.91 Å². The fourth-order valence-electron chi connectivity index (χ4n) is 3.19. The number of nitrogens with zero attached hydrogens (tertiary/aromatic N) is 3. The number of benzene rings is 2. The summed E-state index contributed by atoms with van der Waals surface area (Å²) in [5, 5.41) is 11.1. The molecule has 0 radical (unpaired) electrons. The number of hydrogen-bond acceptors (Lipinski definition) is 5. The van der Waals surface area contributed by atoms with E-state index < -0.39 is 17.5 Å². The Morgan fingerprint density at radius 2 is 1.94 bits per heavy atom. The third-order valence-electron chi connectivity index (χ3n) is 4.97. The summed E-state index contributed by atoms with van der Waals surface area (Å²) in [5.41, 5.74) is 1.43. The van der Waals surface area contributed by atoms with E-state index in [0.29, 0.717) is 28.3 Å². The first-order valence-corrected chi connectivity index (χ1v) is 10.3. The van der Waals surface area contributed by atoms with E-state index in [1.807, 2.05) is 0 Å². The van der Waals surface area contributed by atoms with Gasteiger partial charge in [-0.05, 0) is 38.1 Å². The molecule has 4 rings (SSSR count). The van der Waals surface area contributed by atoms with E-state index in [4.69, 9.17) is 20.9 Å². The number of aromatic nitrogens is 3. The number of rotatable bonds is 7. The molecule has 0 spiro atoms. The van der Waals surface area contributed by atoms with Crippen molar-refractivity contribution in [2.24, 2.45) is 0 Å². The summed E-state index contributed by atoms with van der Waals surface area (Å²) in [6.45, 7) is 3.48. The minimum atomic E-state index is -0.557. The van der Waals surface area contributed by atoms with Gasteiger partial charge in [-0.15, -0.1) is 0 Å². The van der Waals surface area contributed by atoms with Crippen LogP contribution in [0, 0.1) is 25.5 Å². The lowest BCUT2D eigenvalue weighted by Gasteiger charge is -2.08. The normalized spacial score (nSPS) is 10.9. The van der Waals surface area contributed by atoms with Crippen LogP contribution in [0.15, 0.2) is 53.1 Å². The number of halogens is 3. The first-order valence-electron chi connectivity index (χ1n) is 9.94. The molecule has 0 aliphatic rings. The van der Waals surface area contributed by atoms with Gasteiger partial charge in [0.05, 0.1) is 12.1 Å². The molecule has 0 fully saturated rings. The monoisotopic (exact) mass is 472 g/mol. The lowest BCUT2D eigenvalue weighted by atomic mass is 10.2. The lowest BCUT2D eigenvalue weighted by molar-refractivity contribution is 0.101. The van der Waals surface area contributed by atoms with Crippen LogP contribution in [-0.2, 0) is 13.2 Å². The van der Waals surface area contributed by atoms with Crippen molar-refractivity contribution in [2.45, 2.75) is 27.0 Å². The Morgan fingerprint density at radius 1 is 1.15 bits per heavy atom. The third kappa shape index (κ3) is 5.04. The van der Waals surface area contributed by atoms with Gasteiger partial charge in [0.15, 0.2) is 11.5 Å². The van der Waals surface area contributed by atoms with Crippen LogP contribution in [0.3, 0.4) is 0 Å². The van der Waals surface area contributed by atoms with Crippen molar-refractivity contribution in [1.82, 2.24) is 14.9 Å². The van der Waals surface area contributed by atoms with Crippen LogP contribution >= 0.6 is 11.6 Å². The van der Waals surface area contributed by atoms with Gasteiger partial charge in [0.1, 0.15) is 29.8 Å². The van der Waals surface area contributed by atoms with Crippen molar-refractivity contribution in [3.63, 3.8) is 0 Å². The zero-order valence-electron chi connectivity index (χ0n) is 17.7. The van der Waals surface area contributed by atoms with E-state index in [1.54, 1.807) is 32.0 Å². The Morgan fingerprint density at radius 3 is 2.70 bits per heavy atom. The van der Waals surface area contributed by atoms with E-state index in [2.05, 4.69) is 15.6 Å². The minimum absolute atomic E-state index is 0.0215. The maximum Gasteiger partial charge on any atom is 0.279 e. The molecule has 0 atom stereocenters. The number of amides is 1. The number of ether oxygens (including phenoxy) is 1. The van der Waals surface area contributed by atoms with Crippen molar-refractivity contribution in [3.05, 3.63) is 93.5 Å². The first-order chi connectivity index (χ1) is 15.8. The van der Waals surface area contributed by atoms with Crippen molar-refractivity contribution in [2.75, 3.05) is 5.32 Å². The molecule has 2 heterocycles. The fourth-order valence-corrected chi connectivity index (χ4v) is 3.41. The Balaban J connectivity index is 1.48. The molecule has 1 amide bonds. The zero-order valence-corrected chi connectivity index (χ0v) is 18.5. The molecule has 4 aromatic rings. The second-order valence-corrected chi connectivity index (χ2v) is 7.70. The van der Waals surface area contributed by atoms with Crippen molar-refractivity contribution >= 4 is 23.3 Å². The zero-order chi connectivity index (χ0) is 23.5. The van der Waals surface area contributed by atoms with Crippen molar-refractivity contribution in [3.8, 4) is 5.75 Å². The summed E-state index contributed by atoms with van der Waals surface area (Å²) >= 11 is 6.10. The van der Waals surface area contributed by atoms with Crippen LogP contribution in [0.5, 0.6) is 5.75 Å². The summed E-state index contributed by atoms with van der Waals surface area (Å²) in [5.74, 6) is -0.476. The SMILES string of the molecule is Cc1onc(C(=O)Nc2cc(C)n(Cc3c(F)cccc3Cl)n2)c1COc1cccc(F)c1. The predicted octanol–water partition coefficient (Wildman–Crippen LogP) is 5.30. The van der Waals surface area contributed by atoms with Crippen LogP contribution in [0.25, 0.3) is 0 Å². The van der Waals surface area contributed by atoms with E-state index in [1.165, 1.54) is 35.0 Å². The second-order valence-electron chi connectivity index (χ2n) is 7.29. The highest BCUT2D eigenvalue weighted by atomic mass is 35.5. The Hall–Kier alpha value is -3.72. The highest BCUT2D eigenvalue weighted by Gasteiger charge is 2.22. The molecule has 7 nitrogen and oxygen atoms in total. The minimum Gasteiger partial charge on any atom is -0.489 e. The molecule has 0 aliphatic carbocycles. The summed E-state index contributed by atoms with van der Waals surface area (Å²) in [4.78, 5) is 12.8. The maximum absolute atomic E-state index is 14.1. The fraction of sp³-hybridized carbons (Fsp3) is 0.174. The highest BCUT2D eigenvalue weighted by Crippen LogP contribution is 2.22. The first kappa shape index (κ1) is 22.5. The van der Waals surface area contributed by atoms with E-state index in [-0.39, 0.29) is 29.7 Å². The number of carbonyl (C=O) groups is 1. The average molecular weight is 473 g/mol. The standard InChI is InChI=1S/C23H19ClF2N4O3/c1-13-9-21(28-30(13)11-17-19(24)7-4-8-20(17)26)27-23(31)22-18(14(2)33-29-22)12-32-16-6-3-5-15(25)10-16/h3-10H,11-12H2,1-2H3,(H,27,28,31). The molecule has 170 valence electrons. The van der Waals surface area contributed by atoms with Crippen molar-refractivity contribution in [1.29, 1.82) is 0 Å². The van der Waals surface area contributed by atoms with Gasteiger partial charge < -0.3 is 14.6 Å². The molecule has 2 aromatic carbocycles. The predicted molar refractivity (Wildman–Crippen MR) is 117 cm³/mol. The van der Waals surface area contributed by atoms with Gasteiger partial charge in [-0.2, -0.15) is 5.10 Å². The molecule has 0 saturated carbocycles. The molecule has 0 aliphatic heterocycles. The van der Waals surface area contributed by atoms with E-state index in [9.17, 15) is 13.6 Å². The van der Waals surface area contributed by atoms with Gasteiger partial charge >= 0.3 is 0 Å². The molecule has 10 heteroatoms. The quantitative estimate of drug-likeness (QED) is 0.394. The van der Waals surface area contributed by atoms with E-state index >= 15 is 0 Å². The molecular formula is C23H19ClF2N4O3. The van der Waals surface area contributed by atoms with Gasteiger partial charge in [-0.3, -0.25) is 9.48 Å². The number of aryl methyl sites for hydroxylation is 2. The molecular weight excluding hydrogens is 454 g/mol. The molecule has 0 bridgehead atoms. The number of nitrogens with one attached hydrogen (secondary N) is 1. The largest absolute Gasteiger partial charge is 0.489 e. The van der Waals surface area contributed by atoms with Crippen molar-refractivity contribution < 1.29 is 22.8 Å². The summed E-state index contributed by atoms with van der Waals surface area (Å²) in [6, 6.07) is 11.7. The smallest absolute Gasteiger partial charge is 0.279 e.